The van der Waals surface area contributed by atoms with Gasteiger partial charge in [-0.1, -0.05) is 18.0 Å². The topological polar surface area (TPSA) is 35.0 Å². The van der Waals surface area contributed by atoms with E-state index in [-0.39, 0.29) is 6.10 Å². The summed E-state index contributed by atoms with van der Waals surface area (Å²) in [6.45, 7) is 1.93. The summed E-state index contributed by atoms with van der Waals surface area (Å²) in [5.74, 6) is 1.26. The average Bonchev–Trinajstić information content (AvgIpc) is 2.13. The number of hydrogen-bond donors (Lipinski definition) is 0. The number of ether oxygens (including phenoxy) is 1. The van der Waals surface area contributed by atoms with Gasteiger partial charge in [-0.05, 0) is 25.8 Å². The molecule has 0 saturated heterocycles. The summed E-state index contributed by atoms with van der Waals surface area (Å²) in [4.78, 5) is 8.68. The van der Waals surface area contributed by atoms with Gasteiger partial charge < -0.3 is 4.74 Å². The van der Waals surface area contributed by atoms with Gasteiger partial charge in [0.05, 0.1) is 0 Å². The molecule has 1 aromatic heterocycles. The molecule has 0 aromatic carbocycles. The molecular formula is C11H15ClN2O. The maximum absolute atomic E-state index is 5.97. The van der Waals surface area contributed by atoms with Crippen molar-refractivity contribution in [3.8, 4) is 0 Å². The smallest absolute Gasteiger partial charge is 0.158 e. The van der Waals surface area contributed by atoms with Gasteiger partial charge in [-0.25, -0.2) is 9.97 Å². The highest BCUT2D eigenvalue weighted by Crippen LogP contribution is 2.36. The van der Waals surface area contributed by atoms with Crippen molar-refractivity contribution in [3.63, 3.8) is 0 Å². The predicted molar refractivity (Wildman–Crippen MR) is 59.1 cm³/mol. The Morgan fingerprint density at radius 3 is 2.73 bits per heavy atom. The monoisotopic (exact) mass is 226 g/mol. The summed E-state index contributed by atoms with van der Waals surface area (Å²) in [5, 5.41) is 0.519. The molecule has 1 aromatic rings. The molecule has 82 valence electrons. The second-order valence-electron chi connectivity index (χ2n) is 3.98. The van der Waals surface area contributed by atoms with Crippen LogP contribution < -0.4 is 0 Å². The van der Waals surface area contributed by atoms with Gasteiger partial charge in [-0.2, -0.15) is 0 Å². The zero-order valence-electron chi connectivity index (χ0n) is 9.03. The second kappa shape index (κ2) is 4.45. The minimum atomic E-state index is -0.0949. The first-order valence-corrected chi connectivity index (χ1v) is 5.65. The number of aromatic nitrogens is 2. The Labute approximate surface area is 94.8 Å². The summed E-state index contributed by atoms with van der Waals surface area (Å²) < 4.78 is 5.19. The summed E-state index contributed by atoms with van der Waals surface area (Å²) in [6.07, 6.45) is 3.63. The molecule has 0 unspecified atom stereocenters. The van der Waals surface area contributed by atoms with E-state index in [0.29, 0.717) is 16.9 Å². The van der Waals surface area contributed by atoms with Gasteiger partial charge >= 0.3 is 0 Å². The molecule has 0 radical (unpaired) electrons. The van der Waals surface area contributed by atoms with E-state index in [1.807, 2.05) is 13.0 Å². The molecule has 0 N–H and O–H groups in total. The normalized spacial score (nSPS) is 18.6. The fraction of sp³-hybridized carbons (Fsp3) is 0.636. The molecular weight excluding hydrogens is 212 g/mol. The standard InChI is InChI=1S/C11H15ClN2O/c1-7(15-2)11-13-9(6-10(12)14-11)8-4-3-5-8/h6-8H,3-5H2,1-2H3/t7-/m0/s1. The van der Waals surface area contributed by atoms with E-state index in [4.69, 9.17) is 16.3 Å². The number of rotatable bonds is 3. The van der Waals surface area contributed by atoms with Gasteiger partial charge in [0, 0.05) is 18.7 Å². The molecule has 2 rings (SSSR count). The predicted octanol–water partition coefficient (Wildman–Crippen LogP) is 3.10. The van der Waals surface area contributed by atoms with Crippen LogP contribution in [0.5, 0.6) is 0 Å². The lowest BCUT2D eigenvalue weighted by Gasteiger charge is -2.25. The quantitative estimate of drug-likeness (QED) is 0.743. The molecule has 1 aliphatic carbocycles. The van der Waals surface area contributed by atoms with Gasteiger partial charge in [0.1, 0.15) is 11.3 Å². The van der Waals surface area contributed by atoms with Crippen LogP contribution in [0.4, 0.5) is 0 Å². The molecule has 1 heterocycles. The van der Waals surface area contributed by atoms with Crippen LogP contribution in [0.25, 0.3) is 0 Å². The third-order valence-corrected chi connectivity index (χ3v) is 3.17. The van der Waals surface area contributed by atoms with Crippen LogP contribution in [0.15, 0.2) is 6.07 Å². The van der Waals surface area contributed by atoms with Crippen molar-refractivity contribution in [1.82, 2.24) is 9.97 Å². The first kappa shape index (κ1) is 10.8. The van der Waals surface area contributed by atoms with Crippen LogP contribution in [-0.4, -0.2) is 17.1 Å². The molecule has 1 aliphatic rings. The summed E-state index contributed by atoms with van der Waals surface area (Å²) in [5.41, 5.74) is 1.07. The first-order chi connectivity index (χ1) is 7.20. The minimum Gasteiger partial charge on any atom is -0.374 e. The van der Waals surface area contributed by atoms with Crippen LogP contribution >= 0.6 is 11.6 Å². The van der Waals surface area contributed by atoms with Crippen molar-refractivity contribution < 1.29 is 4.74 Å². The van der Waals surface area contributed by atoms with E-state index in [1.165, 1.54) is 19.3 Å². The summed E-state index contributed by atoms with van der Waals surface area (Å²) >= 11 is 5.97. The van der Waals surface area contributed by atoms with Crippen molar-refractivity contribution in [2.45, 2.75) is 38.2 Å². The Kier molecular flexibility index (Phi) is 3.22. The molecule has 0 amide bonds. The van der Waals surface area contributed by atoms with Crippen molar-refractivity contribution in [2.75, 3.05) is 7.11 Å². The van der Waals surface area contributed by atoms with Gasteiger partial charge in [-0.3, -0.25) is 0 Å². The Morgan fingerprint density at radius 1 is 1.47 bits per heavy atom. The average molecular weight is 227 g/mol. The molecule has 4 heteroatoms. The lowest BCUT2D eigenvalue weighted by atomic mass is 9.83. The molecule has 0 aliphatic heterocycles. The lowest BCUT2D eigenvalue weighted by molar-refractivity contribution is 0.111. The van der Waals surface area contributed by atoms with Crippen molar-refractivity contribution >= 4 is 11.6 Å². The Balaban J connectivity index is 2.27. The van der Waals surface area contributed by atoms with E-state index in [9.17, 15) is 0 Å². The summed E-state index contributed by atoms with van der Waals surface area (Å²) in [7, 11) is 1.65. The third-order valence-electron chi connectivity index (χ3n) is 2.97. The maximum Gasteiger partial charge on any atom is 0.158 e. The van der Waals surface area contributed by atoms with Crippen molar-refractivity contribution in [2.24, 2.45) is 0 Å². The molecule has 15 heavy (non-hydrogen) atoms. The molecule has 1 atom stereocenters. The fourth-order valence-corrected chi connectivity index (χ4v) is 1.85. The molecule has 1 fully saturated rings. The molecule has 0 spiro atoms. The van der Waals surface area contributed by atoms with Gasteiger partial charge in [0.2, 0.25) is 0 Å². The minimum absolute atomic E-state index is 0.0949. The van der Waals surface area contributed by atoms with Crippen LogP contribution in [0, 0.1) is 0 Å². The number of methoxy groups -OCH3 is 1. The number of nitrogens with zero attached hydrogens (tertiary/aromatic N) is 2. The van der Waals surface area contributed by atoms with Gasteiger partial charge in [-0.15, -0.1) is 0 Å². The number of hydrogen-bond acceptors (Lipinski definition) is 3. The molecule has 1 saturated carbocycles. The molecule has 0 bridgehead atoms. The maximum atomic E-state index is 5.97. The van der Waals surface area contributed by atoms with Crippen LogP contribution in [0.3, 0.4) is 0 Å². The fourth-order valence-electron chi connectivity index (χ4n) is 1.65. The highest BCUT2D eigenvalue weighted by Gasteiger charge is 2.22. The highest BCUT2D eigenvalue weighted by atomic mass is 35.5. The van der Waals surface area contributed by atoms with Crippen LogP contribution in [0.1, 0.15) is 49.7 Å². The van der Waals surface area contributed by atoms with Crippen molar-refractivity contribution in [1.29, 1.82) is 0 Å². The largest absolute Gasteiger partial charge is 0.374 e. The Hall–Kier alpha value is -0.670. The highest BCUT2D eigenvalue weighted by molar-refractivity contribution is 6.29. The third kappa shape index (κ3) is 2.29. The Bertz CT molecular complexity index is 329. The zero-order chi connectivity index (χ0) is 10.8. The van der Waals surface area contributed by atoms with E-state index >= 15 is 0 Å². The van der Waals surface area contributed by atoms with E-state index < -0.39 is 0 Å². The summed E-state index contributed by atoms with van der Waals surface area (Å²) in [6, 6.07) is 1.87. The second-order valence-corrected chi connectivity index (χ2v) is 4.37. The number of halogens is 1. The van der Waals surface area contributed by atoms with Crippen LogP contribution in [0.2, 0.25) is 5.15 Å². The van der Waals surface area contributed by atoms with E-state index in [1.54, 1.807) is 7.11 Å². The van der Waals surface area contributed by atoms with Crippen molar-refractivity contribution in [3.05, 3.63) is 22.7 Å². The van der Waals surface area contributed by atoms with Crippen LogP contribution in [-0.2, 0) is 4.74 Å². The molecule has 3 nitrogen and oxygen atoms in total. The van der Waals surface area contributed by atoms with Gasteiger partial charge in [0.15, 0.2) is 5.82 Å². The SMILES string of the molecule is CO[C@@H](C)c1nc(Cl)cc(C2CCC2)n1. The van der Waals surface area contributed by atoms with Gasteiger partial charge in [0.25, 0.3) is 0 Å². The van der Waals surface area contributed by atoms with E-state index in [0.717, 1.165) is 5.69 Å². The Morgan fingerprint density at radius 2 is 2.20 bits per heavy atom. The zero-order valence-corrected chi connectivity index (χ0v) is 9.79. The lowest BCUT2D eigenvalue weighted by Crippen LogP contribution is -2.13. The first-order valence-electron chi connectivity index (χ1n) is 5.28. The van der Waals surface area contributed by atoms with E-state index in [2.05, 4.69) is 9.97 Å².